The van der Waals surface area contributed by atoms with Crippen molar-refractivity contribution in [1.82, 2.24) is 0 Å². The van der Waals surface area contributed by atoms with Crippen LogP contribution in [0.1, 0.15) is 31.2 Å². The molecular formula is C13H17NO. The molecule has 1 aromatic carbocycles. The largest absolute Gasteiger partial charge is 0.497 e. The lowest BCUT2D eigenvalue weighted by Crippen LogP contribution is -1.96. The van der Waals surface area contributed by atoms with Gasteiger partial charge in [0.05, 0.1) is 7.11 Å². The smallest absolute Gasteiger partial charge is 0.118 e. The van der Waals surface area contributed by atoms with Crippen LogP contribution in [0, 0.1) is 0 Å². The Kier molecular flexibility index (Phi) is 3.38. The molecule has 1 aromatic rings. The van der Waals surface area contributed by atoms with Gasteiger partial charge in [-0.05, 0) is 42.7 Å². The second-order valence-electron chi connectivity index (χ2n) is 3.99. The highest BCUT2D eigenvalue weighted by atomic mass is 16.5. The molecule has 2 nitrogen and oxygen atoms in total. The normalized spacial score (nSPS) is 17.4. The summed E-state index contributed by atoms with van der Waals surface area (Å²) in [6.07, 6.45) is 7.17. The Hall–Kier alpha value is -1.31. The fourth-order valence-electron chi connectivity index (χ4n) is 1.93. The summed E-state index contributed by atoms with van der Waals surface area (Å²) in [5.74, 6) is 0.896. The monoisotopic (exact) mass is 203 g/mol. The summed E-state index contributed by atoms with van der Waals surface area (Å²) < 4.78 is 5.10. The minimum atomic E-state index is 0.562. The molecule has 80 valence electrons. The Morgan fingerprint density at radius 1 is 1.20 bits per heavy atom. The van der Waals surface area contributed by atoms with E-state index in [1.165, 1.54) is 25.7 Å². The van der Waals surface area contributed by atoms with Gasteiger partial charge in [0.1, 0.15) is 5.75 Å². The van der Waals surface area contributed by atoms with Crippen molar-refractivity contribution in [2.45, 2.75) is 31.7 Å². The molecule has 1 fully saturated rings. The Labute approximate surface area is 91.0 Å². The van der Waals surface area contributed by atoms with Gasteiger partial charge in [-0.25, -0.2) is 0 Å². The van der Waals surface area contributed by atoms with Crippen LogP contribution in [0.25, 0.3) is 0 Å². The van der Waals surface area contributed by atoms with Crippen LogP contribution in [-0.4, -0.2) is 19.4 Å². The van der Waals surface area contributed by atoms with Crippen molar-refractivity contribution in [3.05, 3.63) is 29.8 Å². The number of hydrogen-bond donors (Lipinski definition) is 0. The van der Waals surface area contributed by atoms with Crippen LogP contribution in [0.4, 0.5) is 0 Å². The van der Waals surface area contributed by atoms with Gasteiger partial charge >= 0.3 is 0 Å². The van der Waals surface area contributed by atoms with E-state index < -0.39 is 0 Å². The van der Waals surface area contributed by atoms with E-state index in [9.17, 15) is 0 Å². The minimum Gasteiger partial charge on any atom is -0.497 e. The number of benzene rings is 1. The number of methoxy groups -OCH3 is 1. The van der Waals surface area contributed by atoms with E-state index in [1.807, 2.05) is 30.5 Å². The quantitative estimate of drug-likeness (QED) is 0.692. The van der Waals surface area contributed by atoms with Gasteiger partial charge in [-0.1, -0.05) is 12.8 Å². The van der Waals surface area contributed by atoms with Crippen LogP contribution in [-0.2, 0) is 0 Å². The molecule has 0 N–H and O–H groups in total. The third-order valence-electron chi connectivity index (χ3n) is 2.87. The zero-order valence-corrected chi connectivity index (χ0v) is 9.15. The molecule has 1 aliphatic rings. The van der Waals surface area contributed by atoms with Crippen molar-refractivity contribution in [2.24, 2.45) is 4.99 Å². The Morgan fingerprint density at radius 2 is 1.87 bits per heavy atom. The van der Waals surface area contributed by atoms with Gasteiger partial charge < -0.3 is 4.74 Å². The second kappa shape index (κ2) is 4.96. The summed E-state index contributed by atoms with van der Waals surface area (Å²) in [4.78, 5) is 4.58. The van der Waals surface area contributed by atoms with Crippen molar-refractivity contribution in [2.75, 3.05) is 7.11 Å². The van der Waals surface area contributed by atoms with Gasteiger partial charge in [-0.15, -0.1) is 0 Å². The summed E-state index contributed by atoms with van der Waals surface area (Å²) >= 11 is 0. The second-order valence-corrected chi connectivity index (χ2v) is 3.99. The van der Waals surface area contributed by atoms with E-state index in [-0.39, 0.29) is 0 Å². The maximum absolute atomic E-state index is 5.10. The zero-order valence-electron chi connectivity index (χ0n) is 9.15. The van der Waals surface area contributed by atoms with E-state index in [0.29, 0.717) is 6.04 Å². The lowest BCUT2D eigenvalue weighted by molar-refractivity contribution is 0.415. The fourth-order valence-corrected chi connectivity index (χ4v) is 1.93. The van der Waals surface area contributed by atoms with Gasteiger partial charge in [-0.3, -0.25) is 4.99 Å². The molecule has 0 spiro atoms. The first-order valence-corrected chi connectivity index (χ1v) is 5.56. The van der Waals surface area contributed by atoms with Crippen LogP contribution in [0.2, 0.25) is 0 Å². The first kappa shape index (κ1) is 10.2. The molecule has 0 atom stereocenters. The average molecular weight is 203 g/mol. The summed E-state index contributed by atoms with van der Waals surface area (Å²) in [5, 5.41) is 0. The number of ether oxygens (including phenoxy) is 1. The number of rotatable bonds is 3. The molecule has 1 aliphatic carbocycles. The van der Waals surface area contributed by atoms with Crippen LogP contribution < -0.4 is 4.74 Å². The average Bonchev–Trinajstić information content (AvgIpc) is 2.80. The number of hydrogen-bond acceptors (Lipinski definition) is 2. The van der Waals surface area contributed by atoms with E-state index in [1.54, 1.807) is 7.11 Å². The van der Waals surface area contributed by atoms with E-state index >= 15 is 0 Å². The molecular weight excluding hydrogens is 186 g/mol. The highest BCUT2D eigenvalue weighted by molar-refractivity contribution is 5.79. The Balaban J connectivity index is 1.97. The Bertz CT molecular complexity index is 323. The van der Waals surface area contributed by atoms with Crippen LogP contribution in [0.3, 0.4) is 0 Å². The topological polar surface area (TPSA) is 21.6 Å². The van der Waals surface area contributed by atoms with E-state index in [2.05, 4.69) is 4.99 Å². The Morgan fingerprint density at radius 3 is 2.47 bits per heavy atom. The molecule has 1 saturated carbocycles. The van der Waals surface area contributed by atoms with Gasteiger partial charge in [0.25, 0.3) is 0 Å². The molecule has 0 amide bonds. The number of aliphatic imine (C=N–C) groups is 1. The third-order valence-corrected chi connectivity index (χ3v) is 2.87. The maximum Gasteiger partial charge on any atom is 0.118 e. The van der Waals surface area contributed by atoms with Crippen LogP contribution >= 0.6 is 0 Å². The van der Waals surface area contributed by atoms with Gasteiger partial charge in [0.2, 0.25) is 0 Å². The van der Waals surface area contributed by atoms with Crippen LogP contribution in [0.5, 0.6) is 5.75 Å². The molecule has 0 heterocycles. The molecule has 0 unspecified atom stereocenters. The van der Waals surface area contributed by atoms with Gasteiger partial charge in [-0.2, -0.15) is 0 Å². The standard InChI is InChI=1S/C13H17NO/c1-15-13-8-6-11(7-9-13)10-14-12-4-2-3-5-12/h6-10,12H,2-5H2,1H3/b14-10+. The molecule has 0 aliphatic heterocycles. The highest BCUT2D eigenvalue weighted by Crippen LogP contribution is 2.20. The highest BCUT2D eigenvalue weighted by Gasteiger charge is 2.11. The number of nitrogens with zero attached hydrogens (tertiary/aromatic N) is 1. The lowest BCUT2D eigenvalue weighted by atomic mass is 10.2. The van der Waals surface area contributed by atoms with Crippen molar-refractivity contribution in [3.8, 4) is 5.75 Å². The van der Waals surface area contributed by atoms with Crippen molar-refractivity contribution in [1.29, 1.82) is 0 Å². The summed E-state index contributed by atoms with van der Waals surface area (Å²) in [6, 6.07) is 8.58. The maximum atomic E-state index is 5.10. The lowest BCUT2D eigenvalue weighted by Gasteiger charge is -2.01. The first-order valence-electron chi connectivity index (χ1n) is 5.56. The van der Waals surface area contributed by atoms with Crippen LogP contribution in [0.15, 0.2) is 29.3 Å². The molecule has 0 saturated heterocycles. The van der Waals surface area contributed by atoms with Crippen molar-refractivity contribution in [3.63, 3.8) is 0 Å². The summed E-state index contributed by atoms with van der Waals surface area (Å²) in [7, 11) is 1.68. The molecule has 0 radical (unpaired) electrons. The zero-order chi connectivity index (χ0) is 10.5. The molecule has 2 rings (SSSR count). The third kappa shape index (κ3) is 2.82. The molecule has 0 bridgehead atoms. The molecule has 0 aromatic heterocycles. The summed E-state index contributed by atoms with van der Waals surface area (Å²) in [5.41, 5.74) is 1.16. The van der Waals surface area contributed by atoms with Crippen molar-refractivity contribution < 1.29 is 4.74 Å². The first-order chi connectivity index (χ1) is 7.38. The predicted molar refractivity (Wildman–Crippen MR) is 62.8 cm³/mol. The van der Waals surface area contributed by atoms with Gasteiger partial charge in [0, 0.05) is 12.3 Å². The summed E-state index contributed by atoms with van der Waals surface area (Å²) in [6.45, 7) is 0. The molecule has 15 heavy (non-hydrogen) atoms. The van der Waals surface area contributed by atoms with E-state index in [0.717, 1.165) is 11.3 Å². The SMILES string of the molecule is COc1ccc(/C=N/C2CCCC2)cc1. The van der Waals surface area contributed by atoms with Crippen molar-refractivity contribution >= 4 is 6.21 Å². The minimum absolute atomic E-state index is 0.562. The fraction of sp³-hybridized carbons (Fsp3) is 0.462. The predicted octanol–water partition coefficient (Wildman–Crippen LogP) is 3.06. The van der Waals surface area contributed by atoms with E-state index in [4.69, 9.17) is 4.74 Å². The van der Waals surface area contributed by atoms with Gasteiger partial charge in [0.15, 0.2) is 0 Å². The molecule has 2 heteroatoms.